The van der Waals surface area contributed by atoms with Crippen LogP contribution in [-0.4, -0.2) is 45.6 Å². The van der Waals surface area contributed by atoms with Crippen LogP contribution in [0.5, 0.6) is 11.5 Å². The second-order valence-corrected chi connectivity index (χ2v) is 8.14. The number of aromatic nitrogens is 3. The van der Waals surface area contributed by atoms with Gasteiger partial charge in [-0.3, -0.25) is 4.98 Å². The fourth-order valence-electron chi connectivity index (χ4n) is 3.81. The van der Waals surface area contributed by atoms with Crippen LogP contribution in [0.1, 0.15) is 44.1 Å². The zero-order valence-electron chi connectivity index (χ0n) is 17.1. The lowest BCUT2D eigenvalue weighted by Crippen LogP contribution is -2.33. The maximum Gasteiger partial charge on any atom is 0.510 e. The number of hydrogen-bond acceptors (Lipinski definition) is 7. The van der Waals surface area contributed by atoms with Gasteiger partial charge in [-0.1, -0.05) is 23.2 Å². The van der Waals surface area contributed by atoms with E-state index in [1.165, 1.54) is 19.5 Å². The molecule has 164 valence electrons. The number of nitrogens with zero attached hydrogens (tertiary/aromatic N) is 3. The molecule has 3 aromatic rings. The number of benzene rings is 1. The molecule has 0 radical (unpaired) electrons. The van der Waals surface area contributed by atoms with Crippen molar-refractivity contribution in [2.75, 3.05) is 13.7 Å². The highest BCUT2D eigenvalue weighted by Gasteiger charge is 2.28. The summed E-state index contributed by atoms with van der Waals surface area (Å²) in [6.45, 7) is 2.43. The molecule has 1 fully saturated rings. The highest BCUT2D eigenvalue weighted by Crippen LogP contribution is 2.38. The van der Waals surface area contributed by atoms with Crippen molar-refractivity contribution in [2.24, 2.45) is 0 Å². The van der Waals surface area contributed by atoms with Gasteiger partial charge in [-0.05, 0) is 32.3 Å². The molecule has 0 spiro atoms. The molecular formula is C20H22BCl2N3O5. The van der Waals surface area contributed by atoms with Crippen LogP contribution in [0.4, 0.5) is 0 Å². The zero-order chi connectivity index (χ0) is 22.1. The van der Waals surface area contributed by atoms with Crippen LogP contribution in [-0.2, 0) is 4.74 Å². The number of rotatable bonds is 6. The monoisotopic (exact) mass is 465 g/mol. The van der Waals surface area contributed by atoms with Crippen LogP contribution >= 0.6 is 23.2 Å². The molecule has 0 bridgehead atoms. The Labute approximate surface area is 189 Å². The molecule has 1 aliphatic rings. The number of pyridine rings is 1. The van der Waals surface area contributed by atoms with E-state index < -0.39 is 13.2 Å². The average Bonchev–Trinajstić information content (AvgIpc) is 3.12. The second-order valence-electron chi connectivity index (χ2n) is 7.32. The zero-order valence-corrected chi connectivity index (χ0v) is 18.6. The molecule has 1 unspecified atom stereocenters. The molecule has 1 saturated heterocycles. The average molecular weight is 466 g/mol. The Balaban J connectivity index is 1.78. The van der Waals surface area contributed by atoms with Crippen molar-refractivity contribution in [2.45, 2.75) is 38.5 Å². The summed E-state index contributed by atoms with van der Waals surface area (Å²) >= 11 is 12.5. The smallest absolute Gasteiger partial charge is 0.493 e. The van der Waals surface area contributed by atoms with Crippen LogP contribution in [0.3, 0.4) is 0 Å². The lowest BCUT2D eigenvalue weighted by atomic mass is 9.84. The minimum Gasteiger partial charge on any atom is -0.493 e. The highest BCUT2D eigenvalue weighted by atomic mass is 35.5. The Hall–Kier alpha value is -2.04. The molecule has 0 saturated carbocycles. The summed E-state index contributed by atoms with van der Waals surface area (Å²) in [6, 6.07) is 3.43. The van der Waals surface area contributed by atoms with E-state index in [1.807, 2.05) is 0 Å². The fourth-order valence-corrected chi connectivity index (χ4v) is 4.48. The third kappa shape index (κ3) is 4.33. The summed E-state index contributed by atoms with van der Waals surface area (Å²) in [6.07, 6.45) is 4.97. The van der Waals surface area contributed by atoms with Gasteiger partial charge in [0, 0.05) is 36.0 Å². The molecule has 2 N–H and O–H groups in total. The molecule has 2 atom stereocenters. The van der Waals surface area contributed by atoms with Gasteiger partial charge in [-0.25, -0.2) is 4.68 Å². The molecule has 8 nitrogen and oxygen atoms in total. The second kappa shape index (κ2) is 9.22. The van der Waals surface area contributed by atoms with Crippen LogP contribution < -0.4 is 15.1 Å². The third-order valence-corrected chi connectivity index (χ3v) is 5.90. The van der Waals surface area contributed by atoms with Gasteiger partial charge in [-0.15, -0.1) is 0 Å². The van der Waals surface area contributed by atoms with Gasteiger partial charge in [0.2, 0.25) is 0 Å². The summed E-state index contributed by atoms with van der Waals surface area (Å²) in [4.78, 5) is 3.96. The lowest BCUT2D eigenvalue weighted by molar-refractivity contribution is -0.0364. The molecule has 3 heterocycles. The Morgan fingerprint density at radius 1 is 1.19 bits per heavy atom. The van der Waals surface area contributed by atoms with E-state index in [9.17, 15) is 10.0 Å². The van der Waals surface area contributed by atoms with Gasteiger partial charge >= 0.3 is 7.12 Å². The fraction of sp³-hybridized carbons (Fsp3) is 0.400. The van der Waals surface area contributed by atoms with Crippen molar-refractivity contribution in [1.82, 2.24) is 14.8 Å². The van der Waals surface area contributed by atoms with Gasteiger partial charge < -0.3 is 24.3 Å². The normalized spacial score (nSPS) is 17.5. The van der Waals surface area contributed by atoms with Crippen molar-refractivity contribution in [3.05, 3.63) is 40.1 Å². The largest absolute Gasteiger partial charge is 0.510 e. The van der Waals surface area contributed by atoms with Crippen LogP contribution in [0.15, 0.2) is 24.5 Å². The molecule has 1 aliphatic heterocycles. The standard InChI is InChI=1S/C20H22BCl2N3O5/c1-11(19-13(22)9-24-10-14(19)23)31-17-7-12-15(8-16(17)29-2)26(25-20(12)21(27)28)18-5-3-4-6-30-18/h7-11,18,27-28H,3-6H2,1-2H3/t11-,18?/m1/s1. The van der Waals surface area contributed by atoms with E-state index in [1.54, 1.807) is 23.7 Å². The number of ether oxygens (including phenoxy) is 3. The predicted molar refractivity (Wildman–Crippen MR) is 118 cm³/mol. The summed E-state index contributed by atoms with van der Waals surface area (Å²) in [5, 5.41) is 25.5. The van der Waals surface area contributed by atoms with E-state index in [2.05, 4.69) is 10.1 Å². The first-order chi connectivity index (χ1) is 14.9. The Morgan fingerprint density at radius 2 is 1.94 bits per heavy atom. The maximum atomic E-state index is 9.91. The Kier molecular flexibility index (Phi) is 6.59. The highest BCUT2D eigenvalue weighted by molar-refractivity contribution is 6.60. The summed E-state index contributed by atoms with van der Waals surface area (Å²) in [7, 11) is -0.222. The van der Waals surface area contributed by atoms with E-state index in [4.69, 9.17) is 37.4 Å². The Bertz CT molecular complexity index is 1070. The third-order valence-electron chi connectivity index (χ3n) is 5.29. The topological polar surface area (TPSA) is 98.9 Å². The maximum absolute atomic E-state index is 9.91. The van der Waals surface area contributed by atoms with Crippen molar-refractivity contribution >= 4 is 46.8 Å². The quantitative estimate of drug-likeness (QED) is 0.539. The van der Waals surface area contributed by atoms with Crippen molar-refractivity contribution in [3.63, 3.8) is 0 Å². The minimum atomic E-state index is -1.75. The van der Waals surface area contributed by atoms with Crippen LogP contribution in [0, 0.1) is 0 Å². The van der Waals surface area contributed by atoms with Gasteiger partial charge in [0.25, 0.3) is 0 Å². The molecule has 2 aromatic heterocycles. The first-order valence-electron chi connectivity index (χ1n) is 9.94. The van der Waals surface area contributed by atoms with Crippen molar-refractivity contribution < 1.29 is 24.3 Å². The van der Waals surface area contributed by atoms with Gasteiger partial charge in [0.1, 0.15) is 11.7 Å². The molecule has 4 rings (SSSR count). The van der Waals surface area contributed by atoms with E-state index in [-0.39, 0.29) is 11.8 Å². The first-order valence-corrected chi connectivity index (χ1v) is 10.7. The molecule has 0 aliphatic carbocycles. The summed E-state index contributed by atoms with van der Waals surface area (Å²) in [5.41, 5.74) is 1.37. The van der Waals surface area contributed by atoms with Crippen LogP contribution in [0.2, 0.25) is 10.0 Å². The molecule has 11 heteroatoms. The predicted octanol–water partition coefficient (Wildman–Crippen LogP) is 3.27. The Morgan fingerprint density at radius 3 is 2.55 bits per heavy atom. The molecule has 31 heavy (non-hydrogen) atoms. The van der Waals surface area contributed by atoms with E-state index in [0.29, 0.717) is 44.6 Å². The SMILES string of the molecule is COc1cc2c(cc1O[C@H](C)c1c(Cl)cncc1Cl)c(B(O)O)nn2C1CCCCO1. The van der Waals surface area contributed by atoms with Gasteiger partial charge in [0.15, 0.2) is 17.7 Å². The number of halogens is 2. The number of fused-ring (bicyclic) bond motifs is 1. The number of hydrogen-bond donors (Lipinski definition) is 2. The molecule has 0 amide bonds. The van der Waals surface area contributed by atoms with Gasteiger partial charge in [-0.2, -0.15) is 5.10 Å². The summed E-state index contributed by atoms with van der Waals surface area (Å²) in [5.74, 6) is 0.842. The lowest BCUT2D eigenvalue weighted by Gasteiger charge is -2.24. The summed E-state index contributed by atoms with van der Waals surface area (Å²) < 4.78 is 19.2. The number of methoxy groups -OCH3 is 1. The molecular weight excluding hydrogens is 444 g/mol. The molecule has 1 aromatic carbocycles. The van der Waals surface area contributed by atoms with Gasteiger partial charge in [0.05, 0.1) is 22.7 Å². The van der Waals surface area contributed by atoms with Crippen molar-refractivity contribution in [1.29, 1.82) is 0 Å². The van der Waals surface area contributed by atoms with E-state index >= 15 is 0 Å². The minimum absolute atomic E-state index is 0.115. The van der Waals surface area contributed by atoms with Crippen LogP contribution in [0.25, 0.3) is 10.9 Å². The van der Waals surface area contributed by atoms with E-state index in [0.717, 1.165) is 19.3 Å². The first kappa shape index (κ1) is 22.2. The van der Waals surface area contributed by atoms with Crippen molar-refractivity contribution in [3.8, 4) is 11.5 Å².